The fraction of sp³-hybridized carbons (Fsp3) is 0.0465. The fourth-order valence-corrected chi connectivity index (χ4v) is 7.16. The van der Waals surface area contributed by atoms with Crippen LogP contribution in [-0.4, -0.2) is 15.0 Å². The Labute approximate surface area is 275 Å². The molecule has 0 saturated carbocycles. The highest BCUT2D eigenvalue weighted by molar-refractivity contribution is 6.16. The second-order valence-electron chi connectivity index (χ2n) is 12.2. The third-order valence-electron chi connectivity index (χ3n) is 9.34. The molecule has 5 heteroatoms. The largest absolute Gasteiger partial charge is 0.456 e. The summed E-state index contributed by atoms with van der Waals surface area (Å²) in [7, 11) is 0. The molecule has 0 bridgehead atoms. The summed E-state index contributed by atoms with van der Waals surface area (Å²) in [5, 5.41) is 6.50. The Morgan fingerprint density at radius 3 is 1.79 bits per heavy atom. The standard InChI is InChI=1S/C43H27N3O2/c1-2-12-26(13-3-1)41-44-42(46-43(45-41)33-19-11-23-38-40(33)32-17-7-9-21-36(32)48-38)28-24-27-14-4-5-15-29(27)34(25-28)30-18-10-22-37-39(30)31-16-6-8-20-35(31)47-37/h2,4-25H,1,3H2. The fourth-order valence-electron chi connectivity index (χ4n) is 7.16. The molecule has 1 aliphatic carbocycles. The molecule has 5 nitrogen and oxygen atoms in total. The van der Waals surface area contributed by atoms with E-state index in [0.29, 0.717) is 17.5 Å². The smallest absolute Gasteiger partial charge is 0.164 e. The second kappa shape index (κ2) is 10.6. The van der Waals surface area contributed by atoms with Crippen molar-refractivity contribution in [3.63, 3.8) is 0 Å². The zero-order valence-electron chi connectivity index (χ0n) is 25.9. The topological polar surface area (TPSA) is 65.0 Å². The highest BCUT2D eigenvalue weighted by atomic mass is 16.3. The van der Waals surface area contributed by atoms with E-state index in [9.17, 15) is 0 Å². The van der Waals surface area contributed by atoms with Crippen LogP contribution in [0.4, 0.5) is 0 Å². The maximum atomic E-state index is 6.29. The Kier molecular flexibility index (Phi) is 5.93. The van der Waals surface area contributed by atoms with Gasteiger partial charge in [0, 0.05) is 38.2 Å². The summed E-state index contributed by atoms with van der Waals surface area (Å²) in [6.07, 6.45) is 8.49. The predicted molar refractivity (Wildman–Crippen MR) is 195 cm³/mol. The molecule has 10 rings (SSSR count). The molecule has 0 atom stereocenters. The molecular weight excluding hydrogens is 590 g/mol. The van der Waals surface area contributed by atoms with Crippen molar-refractivity contribution >= 4 is 60.2 Å². The van der Waals surface area contributed by atoms with E-state index >= 15 is 0 Å². The van der Waals surface area contributed by atoms with Crippen LogP contribution in [0.15, 0.2) is 148 Å². The van der Waals surface area contributed by atoms with Crippen LogP contribution in [0.2, 0.25) is 0 Å². The molecule has 3 aromatic heterocycles. The molecule has 6 aromatic carbocycles. The summed E-state index contributed by atoms with van der Waals surface area (Å²) in [4.78, 5) is 15.5. The van der Waals surface area contributed by atoms with Crippen molar-refractivity contribution in [2.45, 2.75) is 12.8 Å². The van der Waals surface area contributed by atoms with Crippen molar-refractivity contribution in [2.24, 2.45) is 0 Å². The van der Waals surface area contributed by atoms with Gasteiger partial charge in [-0.2, -0.15) is 0 Å². The number of allylic oxidation sites excluding steroid dienone is 4. The van der Waals surface area contributed by atoms with E-state index in [1.165, 1.54) is 0 Å². The number of aromatic nitrogens is 3. The van der Waals surface area contributed by atoms with E-state index < -0.39 is 0 Å². The average molecular weight is 618 g/mol. The number of hydrogen-bond donors (Lipinski definition) is 0. The first-order chi connectivity index (χ1) is 23.8. The van der Waals surface area contributed by atoms with E-state index in [2.05, 4.69) is 91.0 Å². The summed E-state index contributed by atoms with van der Waals surface area (Å²) in [6.45, 7) is 0. The lowest BCUT2D eigenvalue weighted by molar-refractivity contribution is 0.668. The van der Waals surface area contributed by atoms with Gasteiger partial charge in [0.25, 0.3) is 0 Å². The average Bonchev–Trinajstić information content (AvgIpc) is 3.73. The molecule has 0 radical (unpaired) electrons. The van der Waals surface area contributed by atoms with Gasteiger partial charge in [0.1, 0.15) is 22.3 Å². The number of hydrogen-bond acceptors (Lipinski definition) is 5. The van der Waals surface area contributed by atoms with Gasteiger partial charge in [0.2, 0.25) is 0 Å². The minimum atomic E-state index is 0.615. The van der Waals surface area contributed by atoms with Gasteiger partial charge in [-0.3, -0.25) is 0 Å². The van der Waals surface area contributed by atoms with E-state index in [4.69, 9.17) is 23.8 Å². The Balaban J connectivity index is 1.25. The Morgan fingerprint density at radius 2 is 1.06 bits per heavy atom. The summed E-state index contributed by atoms with van der Waals surface area (Å²) in [5.41, 5.74) is 8.44. The zero-order valence-corrected chi connectivity index (χ0v) is 25.9. The van der Waals surface area contributed by atoms with Gasteiger partial charge in [-0.15, -0.1) is 0 Å². The Hall–Kier alpha value is -6.33. The maximum absolute atomic E-state index is 6.29. The van der Waals surface area contributed by atoms with Crippen LogP contribution in [-0.2, 0) is 0 Å². The lowest BCUT2D eigenvalue weighted by Crippen LogP contribution is -2.03. The van der Waals surface area contributed by atoms with Gasteiger partial charge in [0.05, 0.1) is 0 Å². The van der Waals surface area contributed by atoms with E-state index in [1.807, 2.05) is 48.5 Å². The number of nitrogens with zero attached hydrogens (tertiary/aromatic N) is 3. The highest BCUT2D eigenvalue weighted by Crippen LogP contribution is 2.42. The quantitative estimate of drug-likeness (QED) is 0.197. The predicted octanol–water partition coefficient (Wildman–Crippen LogP) is 11.6. The lowest BCUT2D eigenvalue weighted by Gasteiger charge is -2.14. The van der Waals surface area contributed by atoms with Crippen molar-refractivity contribution < 1.29 is 8.83 Å². The number of rotatable bonds is 4. The maximum Gasteiger partial charge on any atom is 0.164 e. The van der Waals surface area contributed by atoms with Gasteiger partial charge in [-0.1, -0.05) is 103 Å². The van der Waals surface area contributed by atoms with Gasteiger partial charge >= 0.3 is 0 Å². The van der Waals surface area contributed by atoms with Crippen LogP contribution >= 0.6 is 0 Å². The molecule has 0 unspecified atom stereocenters. The van der Waals surface area contributed by atoms with Crippen molar-refractivity contribution in [2.75, 3.05) is 0 Å². The van der Waals surface area contributed by atoms with Crippen LogP contribution in [0, 0.1) is 0 Å². The molecule has 0 fully saturated rings. The molecule has 226 valence electrons. The monoisotopic (exact) mass is 617 g/mol. The Morgan fingerprint density at radius 1 is 0.458 bits per heavy atom. The molecule has 0 N–H and O–H groups in total. The van der Waals surface area contributed by atoms with Crippen LogP contribution in [0.5, 0.6) is 0 Å². The van der Waals surface area contributed by atoms with Crippen molar-refractivity contribution in [1.29, 1.82) is 0 Å². The first kappa shape index (κ1) is 26.8. The molecule has 0 spiro atoms. The molecule has 9 aromatic rings. The highest BCUT2D eigenvalue weighted by Gasteiger charge is 2.20. The minimum absolute atomic E-state index is 0.615. The number of fused-ring (bicyclic) bond motifs is 7. The summed E-state index contributed by atoms with van der Waals surface area (Å²) < 4.78 is 12.5. The van der Waals surface area contributed by atoms with E-state index in [1.54, 1.807) is 0 Å². The summed E-state index contributed by atoms with van der Waals surface area (Å²) in [5.74, 6) is 1.90. The molecule has 3 heterocycles. The zero-order chi connectivity index (χ0) is 31.6. The van der Waals surface area contributed by atoms with Gasteiger partial charge in [-0.05, 0) is 71.1 Å². The molecule has 1 aliphatic rings. The molecule has 0 saturated heterocycles. The van der Waals surface area contributed by atoms with Crippen molar-refractivity contribution in [3.8, 4) is 33.9 Å². The number of benzene rings is 6. The number of para-hydroxylation sites is 2. The SMILES string of the molecule is C1=CC(c2nc(-c3cc(-c4cccc5oc6ccccc6c45)c4ccccc4c3)nc(-c3cccc4oc5ccccc5c34)n2)=CCC1. The third-order valence-corrected chi connectivity index (χ3v) is 9.34. The number of furan rings is 2. The minimum Gasteiger partial charge on any atom is -0.456 e. The van der Waals surface area contributed by atoms with Crippen molar-refractivity contribution in [1.82, 2.24) is 15.0 Å². The van der Waals surface area contributed by atoms with Gasteiger partial charge < -0.3 is 8.83 Å². The third kappa shape index (κ3) is 4.21. The summed E-state index contributed by atoms with van der Waals surface area (Å²) >= 11 is 0. The van der Waals surface area contributed by atoms with E-state index in [-0.39, 0.29) is 0 Å². The normalized spacial score (nSPS) is 13.3. The first-order valence-electron chi connectivity index (χ1n) is 16.3. The molecule has 0 amide bonds. The van der Waals surface area contributed by atoms with Gasteiger partial charge in [0.15, 0.2) is 17.5 Å². The molecule has 48 heavy (non-hydrogen) atoms. The van der Waals surface area contributed by atoms with Crippen LogP contribution < -0.4 is 0 Å². The summed E-state index contributed by atoms with van der Waals surface area (Å²) in [6, 6.07) is 41.7. The van der Waals surface area contributed by atoms with Crippen molar-refractivity contribution in [3.05, 3.63) is 145 Å². The van der Waals surface area contributed by atoms with E-state index in [0.717, 1.165) is 95.3 Å². The Bertz CT molecular complexity index is 2800. The van der Waals surface area contributed by atoms with Crippen LogP contribution in [0.3, 0.4) is 0 Å². The van der Waals surface area contributed by atoms with Crippen LogP contribution in [0.1, 0.15) is 18.7 Å². The van der Waals surface area contributed by atoms with Gasteiger partial charge in [-0.25, -0.2) is 15.0 Å². The molecular formula is C43H27N3O2. The second-order valence-corrected chi connectivity index (χ2v) is 12.2. The van der Waals surface area contributed by atoms with Crippen LogP contribution in [0.25, 0.3) is 94.1 Å². The first-order valence-corrected chi connectivity index (χ1v) is 16.3. The lowest BCUT2D eigenvalue weighted by atomic mass is 9.92. The molecule has 0 aliphatic heterocycles.